The van der Waals surface area contributed by atoms with Crippen molar-refractivity contribution in [3.63, 3.8) is 0 Å². The van der Waals surface area contributed by atoms with E-state index in [9.17, 15) is 0 Å². The first-order valence-electron chi connectivity index (χ1n) is 3.22. The quantitative estimate of drug-likeness (QED) is 0.351. The molecule has 1 aromatic heterocycles. The van der Waals surface area contributed by atoms with E-state index in [-0.39, 0.29) is 0 Å². The predicted molar refractivity (Wildman–Crippen MR) is 44.7 cm³/mol. The third-order valence-corrected chi connectivity index (χ3v) is 1.67. The molecule has 0 fully saturated rings. The van der Waals surface area contributed by atoms with E-state index in [1.807, 2.05) is 0 Å². The van der Waals surface area contributed by atoms with Crippen LogP contribution in [0.3, 0.4) is 0 Å². The molecule has 0 aliphatic carbocycles. The summed E-state index contributed by atoms with van der Waals surface area (Å²) in [6, 6.07) is 0. The van der Waals surface area contributed by atoms with E-state index in [2.05, 4.69) is 40.2 Å². The fraction of sp³-hybridized carbons (Fsp3) is 0.200. The Morgan fingerprint density at radius 2 is 2.33 bits per heavy atom. The molecule has 0 saturated heterocycles. The van der Waals surface area contributed by atoms with Crippen LogP contribution in [-0.4, -0.2) is 28.4 Å². The van der Waals surface area contributed by atoms with Crippen molar-refractivity contribution in [3.05, 3.63) is 11.8 Å². The summed E-state index contributed by atoms with van der Waals surface area (Å²) in [5, 5.41) is 1.39. The Morgan fingerprint density at radius 1 is 1.33 bits per heavy atom. The second-order valence-corrected chi connectivity index (χ2v) is 2.27. The third kappa shape index (κ3) is 0.910. The number of hydrogen-bond donors (Lipinski definition) is 0. The molecule has 0 atom stereocenters. The van der Waals surface area contributed by atoms with E-state index >= 15 is 0 Å². The molecule has 2 radical (unpaired) electrons. The molecule has 0 spiro atoms. The van der Waals surface area contributed by atoms with E-state index in [0.717, 1.165) is 6.22 Å². The fourth-order valence-corrected chi connectivity index (χ4v) is 1.20. The number of hydrogen-bond acceptors (Lipinski definition) is 0. The average Bonchev–Trinajstić information content (AvgIpc) is 2.33. The van der Waals surface area contributed by atoms with E-state index in [1.165, 1.54) is 10.8 Å². The van der Waals surface area contributed by atoms with Crippen LogP contribution < -0.4 is 10.8 Å². The first-order valence-corrected chi connectivity index (χ1v) is 3.22. The zero-order valence-corrected chi connectivity index (χ0v) is 5.17. The standard InChI is InChI=1S/C5H4B4/c1-4-5(8-2-6-1)9-3-7-4/h1-2H,3H2. The van der Waals surface area contributed by atoms with Crippen LogP contribution in [0.15, 0.2) is 11.8 Å². The van der Waals surface area contributed by atoms with Crippen molar-refractivity contribution < 1.29 is 0 Å². The Morgan fingerprint density at radius 3 is 3.22 bits per heavy atom. The minimum absolute atomic E-state index is 1.11. The summed E-state index contributed by atoms with van der Waals surface area (Å²) in [6.45, 7) is 4.23. The number of fused-ring (bicyclic) bond motifs is 1. The van der Waals surface area contributed by atoms with Crippen molar-refractivity contribution in [3.8, 4) is 0 Å². The van der Waals surface area contributed by atoms with Crippen molar-refractivity contribution in [2.75, 3.05) is 0 Å². The third-order valence-electron chi connectivity index (χ3n) is 1.67. The molecule has 0 N–H and O–H groups in total. The van der Waals surface area contributed by atoms with Gasteiger partial charge in [0.25, 0.3) is 0 Å². The fourth-order valence-electron chi connectivity index (χ4n) is 1.20. The van der Waals surface area contributed by atoms with Crippen molar-refractivity contribution in [1.82, 2.24) is 0 Å². The van der Waals surface area contributed by atoms with E-state index in [4.69, 9.17) is 0 Å². The Hall–Kier alpha value is -0.260. The van der Waals surface area contributed by atoms with Crippen molar-refractivity contribution in [2.24, 2.45) is 0 Å². The molecule has 36 valence electrons. The van der Waals surface area contributed by atoms with Crippen LogP contribution in [0.2, 0.25) is 6.22 Å². The molecule has 0 unspecified atom stereocenters. The van der Waals surface area contributed by atoms with Gasteiger partial charge in [0.2, 0.25) is 0 Å². The second kappa shape index (κ2) is 2.17. The van der Waals surface area contributed by atoms with Gasteiger partial charge in [0, 0.05) is 0 Å². The first kappa shape index (κ1) is 5.52. The zero-order chi connectivity index (χ0) is 6.10. The van der Waals surface area contributed by atoms with Gasteiger partial charge in [0.15, 0.2) is 0 Å². The Kier molecular flexibility index (Phi) is 1.33. The summed E-state index contributed by atoms with van der Waals surface area (Å²) in [7, 11) is 4.49. The molecule has 1 aliphatic rings. The van der Waals surface area contributed by atoms with Gasteiger partial charge in [-0.25, -0.2) is 0 Å². The SMILES string of the molecule is [B]1C[B]c2cbcbc21. The predicted octanol–water partition coefficient (Wildman–Crippen LogP) is -1.59. The van der Waals surface area contributed by atoms with Crippen LogP contribution in [0.25, 0.3) is 0 Å². The van der Waals surface area contributed by atoms with Crippen LogP contribution in [0.4, 0.5) is 0 Å². The van der Waals surface area contributed by atoms with Crippen LogP contribution in [-0.2, 0) is 0 Å². The van der Waals surface area contributed by atoms with Gasteiger partial charge in [-0.1, -0.05) is 0 Å². The van der Waals surface area contributed by atoms with Gasteiger partial charge in [-0.3, -0.25) is 0 Å². The maximum absolute atomic E-state index is 2.25. The van der Waals surface area contributed by atoms with Gasteiger partial charge in [0.1, 0.15) is 0 Å². The van der Waals surface area contributed by atoms with Crippen LogP contribution in [0.5, 0.6) is 0 Å². The monoisotopic (exact) mass is 108 g/mol. The summed E-state index contributed by atoms with van der Waals surface area (Å²) in [5.74, 6) is 4.23. The van der Waals surface area contributed by atoms with Crippen molar-refractivity contribution in [1.29, 1.82) is 0 Å². The summed E-state index contributed by atoms with van der Waals surface area (Å²) in [6.07, 6.45) is 1.11. The molecule has 4 heteroatoms. The molecule has 0 amide bonds. The Balaban J connectivity index is 2.54. The van der Waals surface area contributed by atoms with Gasteiger partial charge < -0.3 is 0 Å². The van der Waals surface area contributed by atoms with Gasteiger partial charge in [-0.2, -0.15) is 0 Å². The normalized spacial score (nSPS) is 12.9. The van der Waals surface area contributed by atoms with Gasteiger partial charge in [-0.15, -0.1) is 0 Å². The summed E-state index contributed by atoms with van der Waals surface area (Å²) >= 11 is 0. The van der Waals surface area contributed by atoms with E-state index in [0.29, 0.717) is 0 Å². The summed E-state index contributed by atoms with van der Waals surface area (Å²) in [5.41, 5.74) is 1.39. The van der Waals surface area contributed by atoms with Crippen LogP contribution in [0, 0.1) is 0 Å². The molecule has 1 aromatic rings. The van der Waals surface area contributed by atoms with E-state index in [1.54, 1.807) is 0 Å². The van der Waals surface area contributed by atoms with Crippen molar-refractivity contribution in [2.45, 2.75) is 6.22 Å². The molecule has 2 heterocycles. The van der Waals surface area contributed by atoms with Gasteiger partial charge >= 0.3 is 57.2 Å². The minimum atomic E-state index is 1.11. The van der Waals surface area contributed by atoms with Crippen molar-refractivity contribution >= 4 is 39.2 Å². The second-order valence-electron chi connectivity index (χ2n) is 2.27. The molecular weight excluding hydrogens is 103 g/mol. The summed E-state index contributed by atoms with van der Waals surface area (Å²) in [4.78, 5) is 0. The molecule has 0 nitrogen and oxygen atoms in total. The van der Waals surface area contributed by atoms with Gasteiger partial charge in [0.05, 0.1) is 0 Å². The summed E-state index contributed by atoms with van der Waals surface area (Å²) < 4.78 is 0. The molecule has 2 rings (SSSR count). The molecule has 9 heavy (non-hydrogen) atoms. The molecule has 0 aromatic carbocycles. The maximum atomic E-state index is 2.25. The average molecular weight is 107 g/mol. The zero-order valence-electron chi connectivity index (χ0n) is 5.17. The molecule has 0 saturated carbocycles. The Bertz CT molecular complexity index is 199. The molecule has 0 bridgehead atoms. The molecule has 1 aliphatic heterocycles. The first-order chi connectivity index (χ1) is 4.47. The van der Waals surface area contributed by atoms with E-state index < -0.39 is 0 Å². The Labute approximate surface area is 58.0 Å². The molecular formula is C5H4B4. The van der Waals surface area contributed by atoms with Gasteiger partial charge in [-0.05, 0) is 0 Å². The van der Waals surface area contributed by atoms with Crippen LogP contribution >= 0.6 is 0 Å². The van der Waals surface area contributed by atoms with Crippen LogP contribution in [0.1, 0.15) is 0 Å². The number of rotatable bonds is 0. The topological polar surface area (TPSA) is 0 Å².